The normalized spacial score (nSPS) is 13.3. The van der Waals surface area contributed by atoms with Crippen molar-refractivity contribution < 1.29 is 4.74 Å². The van der Waals surface area contributed by atoms with E-state index in [0.29, 0.717) is 6.10 Å². The van der Waals surface area contributed by atoms with Gasteiger partial charge in [0, 0.05) is 13.2 Å². The quantitative estimate of drug-likeness (QED) is 0.550. The summed E-state index contributed by atoms with van der Waals surface area (Å²) in [7, 11) is 4.21. The van der Waals surface area contributed by atoms with E-state index in [9.17, 15) is 0 Å². The summed E-state index contributed by atoms with van der Waals surface area (Å²) < 4.78 is 5.89. The molecule has 1 N–H and O–H groups in total. The largest absolute Gasteiger partial charge is 0.377 e. The van der Waals surface area contributed by atoms with Crippen LogP contribution in [0.3, 0.4) is 0 Å². The Kier molecular flexibility index (Phi) is 11.3. The van der Waals surface area contributed by atoms with Crippen molar-refractivity contribution >= 4 is 0 Å². The maximum Gasteiger partial charge on any atom is 0.0699 e. The maximum absolute atomic E-state index is 5.89. The molecule has 0 bridgehead atoms. The Morgan fingerprint density at radius 1 is 1.19 bits per heavy atom. The van der Waals surface area contributed by atoms with Crippen LogP contribution in [0, 0.1) is 0 Å². The smallest absolute Gasteiger partial charge is 0.0699 e. The van der Waals surface area contributed by atoms with Crippen molar-refractivity contribution in [3.05, 3.63) is 0 Å². The van der Waals surface area contributed by atoms with E-state index in [1.54, 1.807) is 0 Å². The fourth-order valence-electron chi connectivity index (χ4n) is 1.64. The molecule has 0 aliphatic heterocycles. The molecule has 98 valence electrons. The van der Waals surface area contributed by atoms with Gasteiger partial charge in [0.05, 0.1) is 6.10 Å². The molecule has 0 radical (unpaired) electrons. The lowest BCUT2D eigenvalue weighted by atomic mass is 10.2. The predicted octanol–water partition coefficient (Wildman–Crippen LogP) is 2.12. The highest BCUT2D eigenvalue weighted by molar-refractivity contribution is 4.61. The molecule has 1 atom stereocenters. The summed E-state index contributed by atoms with van der Waals surface area (Å²) in [5, 5.41) is 3.43. The first-order valence-corrected chi connectivity index (χ1v) is 6.67. The molecule has 16 heavy (non-hydrogen) atoms. The van der Waals surface area contributed by atoms with E-state index in [1.807, 2.05) is 0 Å². The fourth-order valence-corrected chi connectivity index (χ4v) is 1.64. The number of ether oxygens (including phenoxy) is 1. The molecule has 0 spiro atoms. The second-order valence-electron chi connectivity index (χ2n) is 4.64. The van der Waals surface area contributed by atoms with Gasteiger partial charge in [-0.2, -0.15) is 0 Å². The monoisotopic (exact) mass is 230 g/mol. The van der Waals surface area contributed by atoms with Gasteiger partial charge in [-0.1, -0.05) is 20.3 Å². The van der Waals surface area contributed by atoms with Crippen LogP contribution in [0.4, 0.5) is 0 Å². The van der Waals surface area contributed by atoms with Crippen LogP contribution in [0.25, 0.3) is 0 Å². The van der Waals surface area contributed by atoms with Crippen LogP contribution in [-0.4, -0.2) is 51.3 Å². The van der Waals surface area contributed by atoms with Gasteiger partial charge in [0.15, 0.2) is 0 Å². The number of rotatable bonds is 11. The second-order valence-corrected chi connectivity index (χ2v) is 4.64. The van der Waals surface area contributed by atoms with Crippen LogP contribution in [0.15, 0.2) is 0 Å². The molecule has 3 heteroatoms. The third kappa shape index (κ3) is 10.4. The molecular formula is C13H30N2O. The van der Waals surface area contributed by atoms with Crippen LogP contribution in [-0.2, 0) is 4.74 Å². The summed E-state index contributed by atoms with van der Waals surface area (Å²) in [6, 6.07) is 0. The summed E-state index contributed by atoms with van der Waals surface area (Å²) in [6.07, 6.45) is 5.09. The Balaban J connectivity index is 3.51. The minimum absolute atomic E-state index is 0.402. The number of hydrogen-bond acceptors (Lipinski definition) is 3. The molecule has 1 unspecified atom stereocenters. The summed E-state index contributed by atoms with van der Waals surface area (Å²) in [5.74, 6) is 0. The standard InChI is InChI=1S/C13H30N2O/c1-5-8-13(12-14-9-6-2)16-11-7-10-15(3)4/h13-14H,5-12H2,1-4H3. The Labute approximate surface area is 102 Å². The lowest BCUT2D eigenvalue weighted by Crippen LogP contribution is -2.30. The van der Waals surface area contributed by atoms with E-state index in [1.165, 1.54) is 19.3 Å². The average Bonchev–Trinajstić information content (AvgIpc) is 2.24. The second kappa shape index (κ2) is 11.4. The summed E-state index contributed by atoms with van der Waals surface area (Å²) in [5.41, 5.74) is 0. The van der Waals surface area contributed by atoms with E-state index in [-0.39, 0.29) is 0 Å². The zero-order chi connectivity index (χ0) is 12.2. The van der Waals surface area contributed by atoms with E-state index < -0.39 is 0 Å². The topological polar surface area (TPSA) is 24.5 Å². The third-order valence-corrected chi connectivity index (χ3v) is 2.51. The zero-order valence-corrected chi connectivity index (χ0v) is 11.6. The number of hydrogen-bond donors (Lipinski definition) is 1. The van der Waals surface area contributed by atoms with Gasteiger partial charge < -0.3 is 15.0 Å². The Bertz CT molecular complexity index is 140. The lowest BCUT2D eigenvalue weighted by molar-refractivity contribution is 0.0430. The number of nitrogens with one attached hydrogen (secondary N) is 1. The fraction of sp³-hybridized carbons (Fsp3) is 1.00. The summed E-state index contributed by atoms with van der Waals surface area (Å²) >= 11 is 0. The average molecular weight is 230 g/mol. The van der Waals surface area contributed by atoms with Crippen LogP contribution < -0.4 is 5.32 Å². The van der Waals surface area contributed by atoms with Gasteiger partial charge in [0.2, 0.25) is 0 Å². The molecule has 0 aliphatic carbocycles. The Hall–Kier alpha value is -0.120. The predicted molar refractivity (Wildman–Crippen MR) is 71.0 cm³/mol. The Morgan fingerprint density at radius 3 is 2.50 bits per heavy atom. The lowest BCUT2D eigenvalue weighted by Gasteiger charge is -2.18. The molecule has 0 saturated heterocycles. The van der Waals surface area contributed by atoms with Gasteiger partial charge in [0.25, 0.3) is 0 Å². The van der Waals surface area contributed by atoms with E-state index in [2.05, 4.69) is 38.2 Å². The van der Waals surface area contributed by atoms with Crippen molar-refractivity contribution in [2.24, 2.45) is 0 Å². The van der Waals surface area contributed by atoms with Gasteiger partial charge in [0.1, 0.15) is 0 Å². The maximum atomic E-state index is 5.89. The molecule has 3 nitrogen and oxygen atoms in total. The van der Waals surface area contributed by atoms with Gasteiger partial charge in [-0.3, -0.25) is 0 Å². The van der Waals surface area contributed by atoms with Crippen molar-refractivity contribution in [2.45, 2.75) is 45.6 Å². The van der Waals surface area contributed by atoms with Crippen molar-refractivity contribution in [1.82, 2.24) is 10.2 Å². The molecule has 0 aromatic rings. The van der Waals surface area contributed by atoms with Gasteiger partial charge in [-0.15, -0.1) is 0 Å². The van der Waals surface area contributed by atoms with Crippen molar-refractivity contribution in [3.8, 4) is 0 Å². The minimum atomic E-state index is 0.402. The molecule has 0 saturated carbocycles. The van der Waals surface area contributed by atoms with Crippen LogP contribution in [0.1, 0.15) is 39.5 Å². The third-order valence-electron chi connectivity index (χ3n) is 2.51. The zero-order valence-electron chi connectivity index (χ0n) is 11.6. The minimum Gasteiger partial charge on any atom is -0.377 e. The molecule has 0 heterocycles. The molecule has 0 aromatic heterocycles. The molecule has 0 aliphatic rings. The molecule has 0 amide bonds. The molecule has 0 fully saturated rings. The molecular weight excluding hydrogens is 200 g/mol. The Morgan fingerprint density at radius 2 is 1.94 bits per heavy atom. The SMILES string of the molecule is CCCNCC(CCC)OCCCN(C)C. The van der Waals surface area contributed by atoms with Crippen LogP contribution in [0.2, 0.25) is 0 Å². The van der Waals surface area contributed by atoms with Gasteiger partial charge >= 0.3 is 0 Å². The molecule has 0 aromatic carbocycles. The van der Waals surface area contributed by atoms with E-state index >= 15 is 0 Å². The summed E-state index contributed by atoms with van der Waals surface area (Å²) in [4.78, 5) is 2.20. The van der Waals surface area contributed by atoms with Crippen molar-refractivity contribution in [2.75, 3.05) is 40.3 Å². The first kappa shape index (κ1) is 15.9. The first-order valence-electron chi connectivity index (χ1n) is 6.67. The first-order chi connectivity index (χ1) is 7.70. The van der Waals surface area contributed by atoms with Gasteiger partial charge in [-0.25, -0.2) is 0 Å². The highest BCUT2D eigenvalue weighted by Crippen LogP contribution is 2.02. The van der Waals surface area contributed by atoms with Crippen molar-refractivity contribution in [1.29, 1.82) is 0 Å². The highest BCUT2D eigenvalue weighted by atomic mass is 16.5. The van der Waals surface area contributed by atoms with Gasteiger partial charge in [-0.05, 0) is 46.4 Å². The number of nitrogens with zero attached hydrogens (tertiary/aromatic N) is 1. The molecule has 0 rings (SSSR count). The highest BCUT2D eigenvalue weighted by Gasteiger charge is 2.06. The van der Waals surface area contributed by atoms with Crippen LogP contribution in [0.5, 0.6) is 0 Å². The van der Waals surface area contributed by atoms with E-state index in [0.717, 1.165) is 32.7 Å². The van der Waals surface area contributed by atoms with Crippen LogP contribution >= 0.6 is 0 Å². The van der Waals surface area contributed by atoms with E-state index in [4.69, 9.17) is 4.74 Å². The summed E-state index contributed by atoms with van der Waals surface area (Å²) in [6.45, 7) is 8.51. The van der Waals surface area contributed by atoms with Crippen molar-refractivity contribution in [3.63, 3.8) is 0 Å².